The highest BCUT2D eigenvalue weighted by molar-refractivity contribution is 6.06. The van der Waals surface area contributed by atoms with Gasteiger partial charge in [-0.1, -0.05) is 61.6 Å². The number of cyclic esters (lactones) is 1. The maximum atomic E-state index is 14.4. The van der Waals surface area contributed by atoms with Gasteiger partial charge in [0.15, 0.2) is 0 Å². The number of aliphatic hydroxyl groups excluding tert-OH is 1. The van der Waals surface area contributed by atoms with Crippen molar-refractivity contribution < 1.29 is 29.0 Å². The molecule has 5 atom stereocenters. The lowest BCUT2D eigenvalue weighted by Crippen LogP contribution is -2.56. The Labute approximate surface area is 221 Å². The first-order valence-electron chi connectivity index (χ1n) is 13.4. The lowest BCUT2D eigenvalue weighted by atomic mass is 9.73. The number of amides is 2. The van der Waals surface area contributed by atoms with Crippen LogP contribution < -0.4 is 4.90 Å². The number of carbonyl (C=O) groups is 3. The van der Waals surface area contributed by atoms with Crippen molar-refractivity contribution in [2.24, 2.45) is 11.8 Å². The first-order valence-corrected chi connectivity index (χ1v) is 13.4. The number of esters is 1. The Kier molecular flexibility index (Phi) is 6.12. The molecule has 0 radical (unpaired) electrons. The van der Waals surface area contributed by atoms with E-state index >= 15 is 0 Å². The van der Waals surface area contributed by atoms with Crippen LogP contribution in [0.25, 0.3) is 10.8 Å². The highest BCUT2D eigenvalue weighted by Gasteiger charge is 2.75. The molecule has 0 aromatic heterocycles. The Morgan fingerprint density at radius 3 is 2.61 bits per heavy atom. The number of anilines is 1. The molecule has 8 nitrogen and oxygen atoms in total. The van der Waals surface area contributed by atoms with Gasteiger partial charge in [0.1, 0.15) is 23.2 Å². The van der Waals surface area contributed by atoms with Crippen LogP contribution in [0.4, 0.5) is 5.69 Å². The molecular weight excluding hydrogens is 484 g/mol. The van der Waals surface area contributed by atoms with E-state index in [2.05, 4.69) is 0 Å². The van der Waals surface area contributed by atoms with Crippen LogP contribution in [0.1, 0.15) is 26.2 Å². The second-order valence-electron chi connectivity index (χ2n) is 10.5. The number of carbonyl (C=O) groups excluding carboxylic acids is 3. The third kappa shape index (κ3) is 3.54. The van der Waals surface area contributed by atoms with E-state index in [4.69, 9.17) is 9.47 Å². The summed E-state index contributed by atoms with van der Waals surface area (Å²) in [6.07, 6.45) is 9.43. The van der Waals surface area contributed by atoms with E-state index in [1.54, 1.807) is 4.90 Å². The number of fused-ring (bicyclic) bond motifs is 3. The van der Waals surface area contributed by atoms with Crippen LogP contribution in [0.3, 0.4) is 0 Å². The average Bonchev–Trinajstić information content (AvgIpc) is 3.30. The number of β-amino-alcohol motifs (C(OH)–C–C–N with tert-alkyl or cyclic N) is 1. The second-order valence-corrected chi connectivity index (χ2v) is 10.5. The van der Waals surface area contributed by atoms with Crippen molar-refractivity contribution in [1.29, 1.82) is 0 Å². The number of hydrogen-bond acceptors (Lipinski definition) is 6. The SMILES string of the molecule is CC[C@]12/C=C\CCCOC(=O)[C@H]1[C@H]1C(=O)N(CCO)C3C(=O)N(c4ccc5ccccc5c4)CC=C[C@@]31O2. The first kappa shape index (κ1) is 24.8. The molecule has 4 aliphatic rings. The zero-order chi connectivity index (χ0) is 26.5. The number of hydrogen-bond donors (Lipinski definition) is 1. The molecule has 2 fully saturated rings. The van der Waals surface area contributed by atoms with Crippen LogP contribution in [0, 0.1) is 11.8 Å². The molecule has 0 bridgehead atoms. The van der Waals surface area contributed by atoms with Crippen LogP contribution in [-0.4, -0.2) is 71.3 Å². The molecule has 4 heterocycles. The van der Waals surface area contributed by atoms with Gasteiger partial charge >= 0.3 is 5.97 Å². The number of ether oxygens (including phenoxy) is 2. The van der Waals surface area contributed by atoms with Crippen LogP contribution in [-0.2, 0) is 23.9 Å². The topological polar surface area (TPSA) is 96.4 Å². The largest absolute Gasteiger partial charge is 0.465 e. The van der Waals surface area contributed by atoms with E-state index in [9.17, 15) is 19.5 Å². The van der Waals surface area contributed by atoms with Crippen molar-refractivity contribution in [1.82, 2.24) is 4.90 Å². The average molecular weight is 517 g/mol. The van der Waals surface area contributed by atoms with Crippen LogP contribution >= 0.6 is 0 Å². The van der Waals surface area contributed by atoms with Gasteiger partial charge < -0.3 is 24.4 Å². The van der Waals surface area contributed by atoms with E-state index < -0.39 is 35.0 Å². The summed E-state index contributed by atoms with van der Waals surface area (Å²) in [6.45, 7) is 2.13. The number of nitrogens with zero attached hydrogens (tertiary/aromatic N) is 2. The van der Waals surface area contributed by atoms with Crippen molar-refractivity contribution in [2.45, 2.75) is 43.4 Å². The van der Waals surface area contributed by atoms with Crippen LogP contribution in [0.5, 0.6) is 0 Å². The molecule has 2 aromatic rings. The minimum atomic E-state index is -1.36. The van der Waals surface area contributed by atoms with Crippen LogP contribution in [0.15, 0.2) is 66.8 Å². The third-order valence-corrected chi connectivity index (χ3v) is 8.52. The lowest BCUT2D eigenvalue weighted by Gasteiger charge is -2.38. The Hall–Kier alpha value is -3.49. The van der Waals surface area contributed by atoms with Crippen LogP contribution in [0.2, 0.25) is 0 Å². The summed E-state index contributed by atoms with van der Waals surface area (Å²) in [7, 11) is 0. The minimum Gasteiger partial charge on any atom is -0.465 e. The molecule has 1 unspecified atom stereocenters. The molecule has 2 aromatic carbocycles. The molecule has 0 aliphatic carbocycles. The summed E-state index contributed by atoms with van der Waals surface area (Å²) < 4.78 is 12.5. The molecule has 38 heavy (non-hydrogen) atoms. The van der Waals surface area contributed by atoms with Gasteiger partial charge in [-0.15, -0.1) is 0 Å². The number of allylic oxidation sites excluding steroid dienone is 1. The van der Waals surface area contributed by atoms with Crippen molar-refractivity contribution >= 4 is 34.2 Å². The minimum absolute atomic E-state index is 0.0347. The number of likely N-dealkylation sites (tertiary alicyclic amines) is 1. The summed E-state index contributed by atoms with van der Waals surface area (Å²) in [4.78, 5) is 45.0. The Morgan fingerprint density at radius 2 is 1.82 bits per heavy atom. The number of aliphatic hydroxyl groups is 1. The van der Waals surface area contributed by atoms with Crippen molar-refractivity contribution in [3.05, 3.63) is 66.8 Å². The standard InChI is InChI=1S/C30H32N2O6/c1-2-29-13-6-3-7-18-37-28(36)24(29)23-26(34)32(16-17-33)25-27(35)31(15-8-14-30(23,25)38-29)22-12-11-20-9-4-5-10-21(20)19-22/h4-6,8-14,19,23-25,33H,2-3,7,15-18H2,1H3/b13-6-/t23-,24+,25?,29-,30-/m0/s1. The van der Waals surface area contributed by atoms with Crippen molar-refractivity contribution in [3.8, 4) is 0 Å². The molecule has 6 rings (SSSR count). The number of rotatable bonds is 4. The molecular formula is C30H32N2O6. The van der Waals surface area contributed by atoms with Crippen molar-refractivity contribution in [2.75, 3.05) is 31.2 Å². The molecule has 8 heteroatoms. The van der Waals surface area contributed by atoms with Gasteiger partial charge in [0, 0.05) is 18.8 Å². The van der Waals surface area contributed by atoms with Gasteiger partial charge in [-0.3, -0.25) is 14.4 Å². The highest BCUT2D eigenvalue weighted by Crippen LogP contribution is 2.58. The van der Waals surface area contributed by atoms with Gasteiger partial charge in [-0.05, 0) is 42.2 Å². The molecule has 1 N–H and O–H groups in total. The lowest BCUT2D eigenvalue weighted by molar-refractivity contribution is -0.159. The normalized spacial score (nSPS) is 33.6. The van der Waals surface area contributed by atoms with Gasteiger partial charge in [0.2, 0.25) is 5.91 Å². The summed E-state index contributed by atoms with van der Waals surface area (Å²) in [5.41, 5.74) is -1.73. The van der Waals surface area contributed by atoms with E-state index in [-0.39, 0.29) is 38.1 Å². The van der Waals surface area contributed by atoms with E-state index in [0.717, 1.165) is 17.2 Å². The van der Waals surface area contributed by atoms with E-state index in [0.29, 0.717) is 18.5 Å². The summed E-state index contributed by atoms with van der Waals surface area (Å²) in [5, 5.41) is 11.9. The monoisotopic (exact) mass is 516 g/mol. The Morgan fingerprint density at radius 1 is 1.00 bits per heavy atom. The number of benzene rings is 2. The summed E-state index contributed by atoms with van der Waals surface area (Å²) >= 11 is 0. The van der Waals surface area contributed by atoms with Gasteiger partial charge in [-0.2, -0.15) is 0 Å². The highest BCUT2D eigenvalue weighted by atomic mass is 16.6. The maximum absolute atomic E-state index is 14.4. The molecule has 198 valence electrons. The second kappa shape index (κ2) is 9.36. The fourth-order valence-corrected chi connectivity index (χ4v) is 6.80. The third-order valence-electron chi connectivity index (χ3n) is 8.52. The fraction of sp³-hybridized carbons (Fsp3) is 0.433. The van der Waals surface area contributed by atoms with Gasteiger partial charge in [-0.25, -0.2) is 0 Å². The fourth-order valence-electron chi connectivity index (χ4n) is 6.80. The molecule has 2 saturated heterocycles. The predicted molar refractivity (Wildman–Crippen MR) is 141 cm³/mol. The quantitative estimate of drug-likeness (QED) is 0.496. The maximum Gasteiger partial charge on any atom is 0.313 e. The zero-order valence-electron chi connectivity index (χ0n) is 21.4. The first-order chi connectivity index (χ1) is 18.5. The summed E-state index contributed by atoms with van der Waals surface area (Å²) in [6, 6.07) is 12.7. The Balaban J connectivity index is 1.48. The molecule has 0 saturated carbocycles. The Bertz CT molecular complexity index is 1350. The van der Waals surface area contributed by atoms with Gasteiger partial charge in [0.05, 0.1) is 19.1 Å². The molecule has 1 spiro atoms. The van der Waals surface area contributed by atoms with E-state index in [1.807, 2.05) is 73.7 Å². The van der Waals surface area contributed by atoms with Crippen molar-refractivity contribution in [3.63, 3.8) is 0 Å². The van der Waals surface area contributed by atoms with E-state index in [1.165, 1.54) is 4.90 Å². The summed E-state index contributed by atoms with van der Waals surface area (Å²) in [5.74, 6) is -2.98. The molecule has 4 aliphatic heterocycles. The zero-order valence-corrected chi connectivity index (χ0v) is 21.4. The molecule has 2 amide bonds. The smallest absolute Gasteiger partial charge is 0.313 e. The van der Waals surface area contributed by atoms with Gasteiger partial charge in [0.25, 0.3) is 5.91 Å². The predicted octanol–water partition coefficient (Wildman–Crippen LogP) is 2.99.